The number of aliphatic hydroxyl groups is 1. The summed E-state index contributed by atoms with van der Waals surface area (Å²) in [4.78, 5) is 106. The van der Waals surface area contributed by atoms with Crippen LogP contribution in [0.3, 0.4) is 0 Å². The average molecular weight is 739 g/mol. The predicted octanol–water partition coefficient (Wildman–Crippen LogP) is -2.05. The van der Waals surface area contributed by atoms with Gasteiger partial charge in [0.25, 0.3) is 0 Å². The largest absolute Gasteiger partial charge is 0.480 e. The molecule has 0 aromatic rings. The van der Waals surface area contributed by atoms with Crippen LogP contribution in [0, 0.1) is 11.8 Å². The number of carboxylic acids is 1. The van der Waals surface area contributed by atoms with Crippen LogP contribution >= 0.6 is 0 Å². The van der Waals surface area contributed by atoms with Gasteiger partial charge in [-0.2, -0.15) is 0 Å². The van der Waals surface area contributed by atoms with Gasteiger partial charge in [-0.05, 0) is 71.1 Å². The summed E-state index contributed by atoms with van der Waals surface area (Å²) in [5.41, 5.74) is 5.69. The highest BCUT2D eigenvalue weighted by Gasteiger charge is 2.41. The van der Waals surface area contributed by atoms with Crippen LogP contribution < -0.4 is 32.3 Å². The first-order valence-electron chi connectivity index (χ1n) is 18.0. The molecular weight excluding hydrogens is 680 g/mol. The van der Waals surface area contributed by atoms with E-state index in [4.69, 9.17) is 5.73 Å². The van der Waals surface area contributed by atoms with Gasteiger partial charge in [-0.25, -0.2) is 4.79 Å². The Labute approximate surface area is 304 Å². The summed E-state index contributed by atoms with van der Waals surface area (Å²) in [6.45, 7) is 11.5. The summed E-state index contributed by atoms with van der Waals surface area (Å²) in [5, 5.41) is 32.0. The molecule has 2 saturated heterocycles. The third kappa shape index (κ3) is 12.7. The molecule has 0 unspecified atom stereocenters. The molecule has 0 bridgehead atoms. The Morgan fingerprint density at radius 3 is 1.69 bits per heavy atom. The minimum absolute atomic E-state index is 0.0546. The lowest BCUT2D eigenvalue weighted by molar-refractivity contribution is -0.144. The SMILES string of the molecule is CC(C)C[C@H](NC(=O)[C@@H](NC(=O)CNC(=O)[C@@H]1CCCN1C(=O)[C@H](C)NC(=O)[C@@H]1CCCN1C(=O)[C@H](CC(C)C)NC(=O)[C@@H](C)N)[C@@H](C)O)C(=O)O. The van der Waals surface area contributed by atoms with Gasteiger partial charge in [-0.15, -0.1) is 0 Å². The van der Waals surface area contributed by atoms with Gasteiger partial charge in [0.05, 0.1) is 18.7 Å². The van der Waals surface area contributed by atoms with Gasteiger partial charge >= 0.3 is 5.97 Å². The molecule has 18 heteroatoms. The number of carbonyl (C=O) groups is 8. The van der Waals surface area contributed by atoms with Crippen molar-refractivity contribution in [3.8, 4) is 0 Å². The maximum Gasteiger partial charge on any atom is 0.326 e. The van der Waals surface area contributed by atoms with Crippen LogP contribution in [0.25, 0.3) is 0 Å². The first kappa shape index (κ1) is 43.8. The Balaban J connectivity index is 2.00. The first-order chi connectivity index (χ1) is 24.2. The topological polar surface area (TPSA) is 270 Å². The minimum atomic E-state index is -1.49. The van der Waals surface area contributed by atoms with Crippen molar-refractivity contribution in [2.45, 2.75) is 135 Å². The number of amides is 7. The zero-order valence-corrected chi connectivity index (χ0v) is 31.3. The van der Waals surface area contributed by atoms with Crippen molar-refractivity contribution in [3.63, 3.8) is 0 Å². The Morgan fingerprint density at radius 2 is 1.19 bits per heavy atom. The molecule has 0 radical (unpaired) electrons. The molecule has 2 aliphatic heterocycles. The number of aliphatic hydroxyl groups excluding tert-OH is 1. The molecular formula is C34H58N8O10. The number of likely N-dealkylation sites (tertiary alicyclic amines) is 2. The van der Waals surface area contributed by atoms with E-state index in [2.05, 4.69) is 26.6 Å². The average Bonchev–Trinajstić information content (AvgIpc) is 3.75. The van der Waals surface area contributed by atoms with Gasteiger partial charge in [0, 0.05) is 13.1 Å². The molecule has 8 atom stereocenters. The molecule has 2 heterocycles. The highest BCUT2D eigenvalue weighted by Crippen LogP contribution is 2.22. The van der Waals surface area contributed by atoms with E-state index in [1.54, 1.807) is 13.8 Å². The maximum atomic E-state index is 13.5. The second-order valence-electron chi connectivity index (χ2n) is 14.6. The van der Waals surface area contributed by atoms with Crippen LogP contribution in [0.15, 0.2) is 0 Å². The monoisotopic (exact) mass is 738 g/mol. The molecule has 294 valence electrons. The summed E-state index contributed by atoms with van der Waals surface area (Å²) >= 11 is 0. The van der Waals surface area contributed by atoms with Gasteiger partial charge in [0.2, 0.25) is 41.4 Å². The number of rotatable bonds is 18. The zero-order chi connectivity index (χ0) is 39.4. The van der Waals surface area contributed by atoms with E-state index < -0.39 is 102 Å². The van der Waals surface area contributed by atoms with Crippen molar-refractivity contribution in [1.82, 2.24) is 36.4 Å². The number of aliphatic carboxylic acids is 1. The van der Waals surface area contributed by atoms with Crippen LogP contribution in [0.4, 0.5) is 0 Å². The van der Waals surface area contributed by atoms with Crippen molar-refractivity contribution in [3.05, 3.63) is 0 Å². The van der Waals surface area contributed by atoms with Crippen molar-refractivity contribution in [2.24, 2.45) is 17.6 Å². The Morgan fingerprint density at radius 1 is 0.692 bits per heavy atom. The standard InChI is InChI=1S/C34H58N8O10/c1-17(2)14-22(38-28(45)19(5)35)33(50)42-13-9-11-25(42)30(47)37-20(6)32(49)41-12-8-10-24(41)29(46)36-16-26(44)40-27(21(7)43)31(48)39-23(34(51)52)15-18(3)4/h17-25,27,43H,8-16,35H2,1-7H3,(H,36,46)(H,37,47)(H,38,45)(H,39,48)(H,40,44)(H,51,52)/t19-,20+,21-,22+,23+,24+,25+,27+/m1/s1. The third-order valence-electron chi connectivity index (χ3n) is 8.97. The molecule has 2 rings (SSSR count). The predicted molar refractivity (Wildman–Crippen MR) is 188 cm³/mol. The molecule has 18 nitrogen and oxygen atoms in total. The fourth-order valence-corrected chi connectivity index (χ4v) is 6.29. The summed E-state index contributed by atoms with van der Waals surface area (Å²) in [6.07, 6.45) is 0.777. The van der Waals surface area contributed by atoms with Crippen molar-refractivity contribution >= 4 is 47.3 Å². The first-order valence-corrected chi connectivity index (χ1v) is 18.0. The molecule has 2 fully saturated rings. The number of hydrogen-bond donors (Lipinski definition) is 8. The molecule has 0 aliphatic carbocycles. The van der Waals surface area contributed by atoms with Crippen LogP contribution in [-0.4, -0.2) is 135 Å². The highest BCUT2D eigenvalue weighted by molar-refractivity contribution is 5.97. The fourth-order valence-electron chi connectivity index (χ4n) is 6.29. The Bertz CT molecular complexity index is 1320. The number of carbonyl (C=O) groups excluding carboxylic acids is 7. The molecule has 52 heavy (non-hydrogen) atoms. The number of nitrogens with zero attached hydrogens (tertiary/aromatic N) is 2. The molecule has 2 aliphatic rings. The van der Waals surface area contributed by atoms with Gasteiger partial charge < -0.3 is 52.3 Å². The number of nitrogens with one attached hydrogen (secondary N) is 5. The lowest BCUT2D eigenvalue weighted by Crippen LogP contribution is -2.58. The van der Waals surface area contributed by atoms with Crippen LogP contribution in [0.5, 0.6) is 0 Å². The van der Waals surface area contributed by atoms with E-state index in [1.165, 1.54) is 30.6 Å². The van der Waals surface area contributed by atoms with Crippen molar-refractivity contribution in [2.75, 3.05) is 19.6 Å². The number of carboxylic acid groups (broad SMARTS) is 1. The fraction of sp³-hybridized carbons (Fsp3) is 0.765. The second kappa shape index (κ2) is 20.1. The van der Waals surface area contributed by atoms with Gasteiger partial charge in [-0.3, -0.25) is 33.6 Å². The quantitative estimate of drug-likeness (QED) is 0.0758. The van der Waals surface area contributed by atoms with Gasteiger partial charge in [-0.1, -0.05) is 27.7 Å². The Hall–Kier alpha value is -4.32. The molecule has 7 amide bonds. The zero-order valence-electron chi connectivity index (χ0n) is 31.3. The maximum absolute atomic E-state index is 13.5. The normalized spacial score (nSPS) is 20.7. The molecule has 0 spiro atoms. The molecule has 0 aromatic carbocycles. The van der Waals surface area contributed by atoms with E-state index in [1.807, 2.05) is 13.8 Å². The van der Waals surface area contributed by atoms with Crippen molar-refractivity contribution < 1.29 is 48.6 Å². The Kier molecular flexibility index (Phi) is 16.9. The van der Waals surface area contributed by atoms with Crippen LogP contribution in [0.2, 0.25) is 0 Å². The lowest BCUT2D eigenvalue weighted by atomic mass is 10.0. The van der Waals surface area contributed by atoms with E-state index in [0.717, 1.165) is 0 Å². The van der Waals surface area contributed by atoms with E-state index in [0.29, 0.717) is 38.6 Å². The second-order valence-corrected chi connectivity index (χ2v) is 14.6. The number of nitrogens with two attached hydrogens (primary N) is 1. The van der Waals surface area contributed by atoms with Gasteiger partial charge in [0.1, 0.15) is 36.3 Å². The van der Waals surface area contributed by atoms with Gasteiger partial charge in [0.15, 0.2) is 0 Å². The third-order valence-corrected chi connectivity index (χ3v) is 8.97. The summed E-state index contributed by atoms with van der Waals surface area (Å²) in [5.74, 6) is -5.59. The van der Waals surface area contributed by atoms with Crippen LogP contribution in [0.1, 0.15) is 87.0 Å². The molecule has 9 N–H and O–H groups in total. The molecule has 0 saturated carbocycles. The lowest BCUT2D eigenvalue weighted by Gasteiger charge is -2.31. The van der Waals surface area contributed by atoms with E-state index >= 15 is 0 Å². The summed E-state index contributed by atoms with van der Waals surface area (Å²) < 4.78 is 0. The van der Waals surface area contributed by atoms with E-state index in [9.17, 15) is 48.6 Å². The minimum Gasteiger partial charge on any atom is -0.480 e. The number of hydrogen-bond acceptors (Lipinski definition) is 10. The highest BCUT2D eigenvalue weighted by atomic mass is 16.4. The van der Waals surface area contributed by atoms with Crippen LogP contribution in [-0.2, 0) is 38.4 Å². The smallest absolute Gasteiger partial charge is 0.326 e. The van der Waals surface area contributed by atoms with Crippen molar-refractivity contribution in [1.29, 1.82) is 0 Å². The van der Waals surface area contributed by atoms with E-state index in [-0.39, 0.29) is 24.8 Å². The summed E-state index contributed by atoms with van der Waals surface area (Å²) in [7, 11) is 0. The summed E-state index contributed by atoms with van der Waals surface area (Å²) in [6, 6.07) is -7.28. The molecule has 0 aromatic heterocycles.